The predicted octanol–water partition coefficient (Wildman–Crippen LogP) is 4.18. The van der Waals surface area contributed by atoms with Crippen molar-refractivity contribution in [2.45, 2.75) is 58.0 Å². The highest BCUT2D eigenvalue weighted by molar-refractivity contribution is 7.99. The van der Waals surface area contributed by atoms with Crippen molar-refractivity contribution in [3.63, 3.8) is 0 Å². The number of benzene rings is 1. The average Bonchev–Trinajstić information content (AvgIpc) is 3.07. The summed E-state index contributed by atoms with van der Waals surface area (Å²) >= 11 is 2.04. The van der Waals surface area contributed by atoms with Gasteiger partial charge in [0.1, 0.15) is 0 Å². The standard InChI is InChI=1S/C22H30N4OS/c1-16-15-17(2)26(24-16)20-8-6-18(7-9-20)23-22(27)21-5-3-4-12-25(21)19-10-13-28-14-11-19/h6-9,15,19,21H,3-5,10-14H2,1-2H3,(H,23,27)/t21-/m0/s1. The summed E-state index contributed by atoms with van der Waals surface area (Å²) in [6.45, 7) is 5.11. The quantitative estimate of drug-likeness (QED) is 0.839. The fraction of sp³-hybridized carbons (Fsp3) is 0.545. The molecule has 150 valence electrons. The Bertz CT molecular complexity index is 810. The molecule has 5 nitrogen and oxygen atoms in total. The molecule has 0 unspecified atom stereocenters. The van der Waals surface area contributed by atoms with Crippen LogP contribution in [-0.4, -0.2) is 50.7 Å². The van der Waals surface area contributed by atoms with Gasteiger partial charge in [-0.1, -0.05) is 6.42 Å². The first-order valence-corrected chi connectivity index (χ1v) is 11.6. The molecule has 3 heterocycles. The van der Waals surface area contributed by atoms with Crippen molar-refractivity contribution < 1.29 is 4.79 Å². The molecule has 2 aliphatic heterocycles. The molecule has 1 aromatic heterocycles. The summed E-state index contributed by atoms with van der Waals surface area (Å²) in [7, 11) is 0. The van der Waals surface area contributed by atoms with E-state index in [9.17, 15) is 4.79 Å². The van der Waals surface area contributed by atoms with Gasteiger partial charge in [0.05, 0.1) is 17.4 Å². The van der Waals surface area contributed by atoms with Crippen molar-refractivity contribution in [3.8, 4) is 5.69 Å². The largest absolute Gasteiger partial charge is 0.325 e. The van der Waals surface area contributed by atoms with Gasteiger partial charge in [-0.25, -0.2) is 4.68 Å². The Morgan fingerprint density at radius 3 is 2.54 bits per heavy atom. The van der Waals surface area contributed by atoms with Gasteiger partial charge in [-0.3, -0.25) is 9.69 Å². The van der Waals surface area contributed by atoms with Crippen LogP contribution in [0, 0.1) is 13.8 Å². The van der Waals surface area contributed by atoms with Crippen LogP contribution in [0.1, 0.15) is 43.5 Å². The molecule has 2 saturated heterocycles. The Morgan fingerprint density at radius 2 is 1.86 bits per heavy atom. The van der Waals surface area contributed by atoms with Crippen LogP contribution in [0.5, 0.6) is 0 Å². The molecule has 0 bridgehead atoms. The van der Waals surface area contributed by atoms with Crippen molar-refractivity contribution in [1.82, 2.24) is 14.7 Å². The number of thioether (sulfide) groups is 1. The van der Waals surface area contributed by atoms with E-state index in [1.54, 1.807) is 0 Å². The molecule has 1 amide bonds. The van der Waals surface area contributed by atoms with Crippen LogP contribution in [0.3, 0.4) is 0 Å². The number of piperidine rings is 1. The summed E-state index contributed by atoms with van der Waals surface area (Å²) in [6, 6.07) is 10.7. The van der Waals surface area contributed by atoms with Crippen molar-refractivity contribution in [2.24, 2.45) is 0 Å². The van der Waals surface area contributed by atoms with E-state index in [-0.39, 0.29) is 11.9 Å². The van der Waals surface area contributed by atoms with Gasteiger partial charge in [0.15, 0.2) is 0 Å². The minimum Gasteiger partial charge on any atom is -0.325 e. The predicted molar refractivity (Wildman–Crippen MR) is 116 cm³/mol. The number of anilines is 1. The zero-order chi connectivity index (χ0) is 19.5. The molecule has 28 heavy (non-hydrogen) atoms. The van der Waals surface area contributed by atoms with E-state index in [2.05, 4.69) is 28.3 Å². The molecule has 2 aliphatic rings. The normalized spacial score (nSPS) is 21.6. The first kappa shape index (κ1) is 19.5. The summed E-state index contributed by atoms with van der Waals surface area (Å²) in [5.74, 6) is 2.60. The van der Waals surface area contributed by atoms with Gasteiger partial charge < -0.3 is 5.32 Å². The van der Waals surface area contributed by atoms with Gasteiger partial charge in [-0.15, -0.1) is 0 Å². The highest BCUT2D eigenvalue weighted by Gasteiger charge is 2.34. The van der Waals surface area contributed by atoms with E-state index >= 15 is 0 Å². The number of amides is 1. The molecular weight excluding hydrogens is 368 g/mol. The van der Waals surface area contributed by atoms with Crippen LogP contribution in [0.15, 0.2) is 30.3 Å². The fourth-order valence-corrected chi connectivity index (χ4v) is 5.57. The number of nitrogens with zero attached hydrogens (tertiary/aromatic N) is 3. The molecule has 0 saturated carbocycles. The minimum atomic E-state index is 0.0116. The van der Waals surface area contributed by atoms with Gasteiger partial charge in [-0.05, 0) is 87.9 Å². The number of hydrogen-bond acceptors (Lipinski definition) is 4. The Balaban J connectivity index is 1.44. The summed E-state index contributed by atoms with van der Waals surface area (Å²) in [6.07, 6.45) is 5.76. The number of aryl methyl sites for hydroxylation is 2. The number of rotatable bonds is 4. The maximum atomic E-state index is 13.1. The minimum absolute atomic E-state index is 0.0116. The number of likely N-dealkylation sites (tertiary alicyclic amines) is 1. The second-order valence-electron chi connectivity index (χ2n) is 7.97. The van der Waals surface area contributed by atoms with Crippen molar-refractivity contribution >= 4 is 23.4 Å². The van der Waals surface area contributed by atoms with Crippen LogP contribution in [-0.2, 0) is 4.79 Å². The molecule has 0 spiro atoms. The van der Waals surface area contributed by atoms with E-state index < -0.39 is 0 Å². The van der Waals surface area contributed by atoms with E-state index in [1.165, 1.54) is 30.8 Å². The van der Waals surface area contributed by atoms with Crippen LogP contribution in [0.25, 0.3) is 5.69 Å². The first-order chi connectivity index (χ1) is 13.6. The maximum absolute atomic E-state index is 13.1. The lowest BCUT2D eigenvalue weighted by Gasteiger charge is -2.41. The average molecular weight is 399 g/mol. The summed E-state index contributed by atoms with van der Waals surface area (Å²) < 4.78 is 1.94. The summed E-state index contributed by atoms with van der Waals surface area (Å²) in [4.78, 5) is 15.5. The van der Waals surface area contributed by atoms with Crippen LogP contribution >= 0.6 is 11.8 Å². The number of nitrogens with one attached hydrogen (secondary N) is 1. The molecule has 2 aromatic rings. The Kier molecular flexibility index (Phi) is 6.07. The second kappa shape index (κ2) is 8.70. The number of carbonyl (C=O) groups is 1. The van der Waals surface area contributed by atoms with Gasteiger partial charge in [0, 0.05) is 17.4 Å². The van der Waals surface area contributed by atoms with Crippen LogP contribution in [0.2, 0.25) is 0 Å². The lowest BCUT2D eigenvalue weighted by atomic mass is 9.96. The number of aromatic nitrogens is 2. The Hall–Kier alpha value is -1.79. The number of hydrogen-bond donors (Lipinski definition) is 1. The summed E-state index contributed by atoms with van der Waals surface area (Å²) in [5, 5.41) is 7.69. The Morgan fingerprint density at radius 1 is 1.11 bits per heavy atom. The van der Waals surface area contributed by atoms with Crippen molar-refractivity contribution in [2.75, 3.05) is 23.4 Å². The molecule has 0 aliphatic carbocycles. The molecule has 1 N–H and O–H groups in total. The smallest absolute Gasteiger partial charge is 0.241 e. The highest BCUT2D eigenvalue weighted by Crippen LogP contribution is 2.28. The van der Waals surface area contributed by atoms with E-state index in [0.717, 1.165) is 42.1 Å². The summed E-state index contributed by atoms with van der Waals surface area (Å²) in [5.41, 5.74) is 3.99. The molecule has 6 heteroatoms. The zero-order valence-electron chi connectivity index (χ0n) is 16.9. The van der Waals surface area contributed by atoms with Gasteiger partial charge >= 0.3 is 0 Å². The van der Waals surface area contributed by atoms with Gasteiger partial charge in [0.2, 0.25) is 5.91 Å². The second-order valence-corrected chi connectivity index (χ2v) is 9.19. The van der Waals surface area contributed by atoms with Gasteiger partial charge in [0.25, 0.3) is 0 Å². The van der Waals surface area contributed by atoms with E-state index in [1.807, 2.05) is 47.6 Å². The fourth-order valence-electron chi connectivity index (χ4n) is 4.49. The molecule has 2 fully saturated rings. The molecule has 1 aromatic carbocycles. The number of carbonyl (C=O) groups excluding carboxylic acids is 1. The third-order valence-electron chi connectivity index (χ3n) is 5.90. The molecule has 4 rings (SSSR count). The SMILES string of the molecule is Cc1cc(C)n(-c2ccc(NC(=O)[C@@H]3CCCCN3C3CCSCC3)cc2)n1. The van der Waals surface area contributed by atoms with E-state index in [4.69, 9.17) is 0 Å². The Labute approximate surface area is 171 Å². The topological polar surface area (TPSA) is 50.2 Å². The molecule has 1 atom stereocenters. The van der Waals surface area contributed by atoms with Crippen LogP contribution < -0.4 is 5.32 Å². The lowest BCUT2D eigenvalue weighted by Crippen LogP contribution is -2.52. The third kappa shape index (κ3) is 4.28. The highest BCUT2D eigenvalue weighted by atomic mass is 32.2. The van der Waals surface area contributed by atoms with Crippen molar-refractivity contribution in [3.05, 3.63) is 41.7 Å². The lowest BCUT2D eigenvalue weighted by molar-refractivity contribution is -0.123. The van der Waals surface area contributed by atoms with Gasteiger partial charge in [-0.2, -0.15) is 16.9 Å². The molecular formula is C22H30N4OS. The molecule has 0 radical (unpaired) electrons. The first-order valence-electron chi connectivity index (χ1n) is 10.4. The zero-order valence-corrected chi connectivity index (χ0v) is 17.7. The maximum Gasteiger partial charge on any atom is 0.241 e. The third-order valence-corrected chi connectivity index (χ3v) is 6.94. The monoisotopic (exact) mass is 398 g/mol. The van der Waals surface area contributed by atoms with Crippen molar-refractivity contribution in [1.29, 1.82) is 0 Å². The van der Waals surface area contributed by atoms with Crippen LogP contribution in [0.4, 0.5) is 5.69 Å². The van der Waals surface area contributed by atoms with E-state index in [0.29, 0.717) is 6.04 Å².